The lowest BCUT2D eigenvalue weighted by atomic mass is 9.80. The zero-order chi connectivity index (χ0) is 21.0. The Morgan fingerprint density at radius 2 is 1.93 bits per heavy atom. The number of benzene rings is 1. The molecule has 0 bridgehead atoms. The van der Waals surface area contributed by atoms with Crippen molar-refractivity contribution in [2.45, 2.75) is 58.4 Å². The van der Waals surface area contributed by atoms with Gasteiger partial charge < -0.3 is 10.6 Å². The second-order valence-electron chi connectivity index (χ2n) is 9.08. The number of aryl methyl sites for hydroxylation is 1. The molecule has 2 aliphatic rings. The van der Waals surface area contributed by atoms with E-state index in [-0.39, 0.29) is 17.2 Å². The van der Waals surface area contributed by atoms with Gasteiger partial charge in [-0.2, -0.15) is 5.10 Å². The van der Waals surface area contributed by atoms with Crippen LogP contribution in [0.3, 0.4) is 0 Å². The molecule has 1 unspecified atom stereocenters. The molecule has 1 fully saturated rings. The summed E-state index contributed by atoms with van der Waals surface area (Å²) in [6.45, 7) is 3.70. The topological polar surface area (TPSA) is 76.0 Å². The highest BCUT2D eigenvalue weighted by molar-refractivity contribution is 5.95. The van der Waals surface area contributed by atoms with E-state index in [9.17, 15) is 9.59 Å². The summed E-state index contributed by atoms with van der Waals surface area (Å²) >= 11 is 0. The number of amides is 2. The molecule has 0 saturated heterocycles. The molecule has 1 aromatic carbocycles. The van der Waals surface area contributed by atoms with Crippen LogP contribution in [0.4, 0.5) is 0 Å². The van der Waals surface area contributed by atoms with E-state index in [0.717, 1.165) is 44.3 Å². The van der Waals surface area contributed by atoms with Crippen LogP contribution in [0.15, 0.2) is 36.5 Å². The van der Waals surface area contributed by atoms with Crippen LogP contribution in [-0.4, -0.2) is 34.7 Å². The Kier molecular flexibility index (Phi) is 6.21. The smallest absolute Gasteiger partial charge is 0.254 e. The first kappa shape index (κ1) is 20.6. The van der Waals surface area contributed by atoms with Gasteiger partial charge in [-0.05, 0) is 49.0 Å². The summed E-state index contributed by atoms with van der Waals surface area (Å²) in [5, 5.41) is 10.6. The summed E-state index contributed by atoms with van der Waals surface area (Å²) in [5.74, 6) is 0.326. The Bertz CT molecular complexity index is 884. The van der Waals surface area contributed by atoms with E-state index in [0.29, 0.717) is 24.6 Å². The predicted octanol–water partition coefficient (Wildman–Crippen LogP) is 3.11. The summed E-state index contributed by atoms with van der Waals surface area (Å²) in [4.78, 5) is 24.3. The number of rotatable bonds is 7. The Morgan fingerprint density at radius 1 is 1.17 bits per heavy atom. The van der Waals surface area contributed by atoms with Gasteiger partial charge in [-0.25, -0.2) is 0 Å². The van der Waals surface area contributed by atoms with Crippen molar-refractivity contribution < 1.29 is 9.59 Å². The second-order valence-corrected chi connectivity index (χ2v) is 9.08. The third-order valence-corrected chi connectivity index (χ3v) is 6.77. The van der Waals surface area contributed by atoms with E-state index < -0.39 is 0 Å². The van der Waals surface area contributed by atoms with E-state index in [1.165, 1.54) is 18.4 Å². The van der Waals surface area contributed by atoms with E-state index in [2.05, 4.69) is 46.1 Å². The van der Waals surface area contributed by atoms with E-state index >= 15 is 0 Å². The molecule has 1 aliphatic carbocycles. The van der Waals surface area contributed by atoms with Crippen molar-refractivity contribution in [2.75, 3.05) is 13.1 Å². The van der Waals surface area contributed by atoms with Crippen LogP contribution in [-0.2, 0) is 24.2 Å². The molecule has 1 aliphatic heterocycles. The van der Waals surface area contributed by atoms with Gasteiger partial charge in [0, 0.05) is 26.6 Å². The first-order valence-corrected chi connectivity index (χ1v) is 11.2. The van der Waals surface area contributed by atoms with Crippen LogP contribution >= 0.6 is 0 Å². The van der Waals surface area contributed by atoms with Gasteiger partial charge in [0.15, 0.2) is 0 Å². The fourth-order valence-electron chi connectivity index (χ4n) is 5.08. The molecule has 2 heterocycles. The first-order chi connectivity index (χ1) is 14.5. The average Bonchev–Trinajstić information content (AvgIpc) is 3.38. The van der Waals surface area contributed by atoms with Crippen molar-refractivity contribution in [2.24, 2.45) is 11.3 Å². The molecule has 1 atom stereocenters. The minimum absolute atomic E-state index is 0.00711. The third kappa shape index (κ3) is 4.74. The Labute approximate surface area is 178 Å². The van der Waals surface area contributed by atoms with Gasteiger partial charge in [0.25, 0.3) is 5.91 Å². The van der Waals surface area contributed by atoms with Gasteiger partial charge >= 0.3 is 0 Å². The number of nitrogens with zero attached hydrogens (tertiary/aromatic N) is 2. The zero-order valence-electron chi connectivity index (χ0n) is 17.8. The highest BCUT2D eigenvalue weighted by Gasteiger charge is 2.35. The summed E-state index contributed by atoms with van der Waals surface area (Å²) < 4.78 is 1.95. The number of nitrogens with one attached hydrogen (secondary N) is 2. The van der Waals surface area contributed by atoms with Crippen LogP contribution in [0.2, 0.25) is 0 Å². The van der Waals surface area contributed by atoms with Gasteiger partial charge in [-0.3, -0.25) is 14.3 Å². The van der Waals surface area contributed by atoms with Crippen LogP contribution < -0.4 is 10.6 Å². The van der Waals surface area contributed by atoms with Crippen molar-refractivity contribution in [3.63, 3.8) is 0 Å². The van der Waals surface area contributed by atoms with Gasteiger partial charge in [-0.1, -0.05) is 43.2 Å². The minimum atomic E-state index is -0.0178. The number of fused-ring (bicyclic) bond motifs is 1. The van der Waals surface area contributed by atoms with Crippen molar-refractivity contribution in [1.29, 1.82) is 0 Å². The molecular formula is C24H32N4O2. The van der Waals surface area contributed by atoms with Gasteiger partial charge in [0.05, 0.1) is 17.5 Å². The number of aromatic nitrogens is 2. The van der Waals surface area contributed by atoms with E-state index in [1.807, 2.05) is 4.68 Å². The molecule has 6 heteroatoms. The summed E-state index contributed by atoms with van der Waals surface area (Å²) in [6, 6.07) is 10.6. The van der Waals surface area contributed by atoms with Crippen molar-refractivity contribution >= 4 is 11.8 Å². The van der Waals surface area contributed by atoms with Crippen LogP contribution in [0.1, 0.15) is 60.6 Å². The summed E-state index contributed by atoms with van der Waals surface area (Å²) in [7, 11) is 0. The van der Waals surface area contributed by atoms with Crippen LogP contribution in [0.5, 0.6) is 0 Å². The van der Waals surface area contributed by atoms with E-state index in [4.69, 9.17) is 0 Å². The number of carbonyl (C=O) groups excluding carboxylic acids is 2. The lowest BCUT2D eigenvalue weighted by Crippen LogP contribution is -2.38. The van der Waals surface area contributed by atoms with Crippen LogP contribution in [0, 0.1) is 11.3 Å². The molecule has 4 rings (SSSR count). The molecule has 2 N–H and O–H groups in total. The Balaban J connectivity index is 1.41. The normalized spacial score (nSPS) is 19.8. The van der Waals surface area contributed by atoms with Crippen molar-refractivity contribution in [3.05, 3.63) is 53.3 Å². The highest BCUT2D eigenvalue weighted by Crippen LogP contribution is 2.40. The predicted molar refractivity (Wildman–Crippen MR) is 116 cm³/mol. The molecule has 2 aromatic rings. The number of hydrogen-bond donors (Lipinski definition) is 2. The van der Waals surface area contributed by atoms with Gasteiger partial charge in [0.2, 0.25) is 5.91 Å². The molecule has 2 amide bonds. The number of hydrogen-bond acceptors (Lipinski definition) is 3. The van der Waals surface area contributed by atoms with Crippen molar-refractivity contribution in [3.8, 4) is 0 Å². The molecule has 30 heavy (non-hydrogen) atoms. The molecule has 1 saturated carbocycles. The zero-order valence-corrected chi connectivity index (χ0v) is 17.8. The second kappa shape index (κ2) is 9.02. The standard InChI is InChI=1S/C24H32N4O2/c1-18(29)25-15-20-9-12-28-22(13-20)21(16-27-28)23(30)26-17-24(10-5-6-11-24)14-19-7-3-2-4-8-19/h2-4,7-8,16,20H,5-6,9-15,17H2,1H3,(H,25,29)(H,26,30). The lowest BCUT2D eigenvalue weighted by Gasteiger charge is -2.30. The van der Waals surface area contributed by atoms with Gasteiger partial charge in [-0.15, -0.1) is 0 Å². The minimum Gasteiger partial charge on any atom is -0.356 e. The maximum Gasteiger partial charge on any atom is 0.254 e. The maximum absolute atomic E-state index is 13.1. The highest BCUT2D eigenvalue weighted by atomic mass is 16.2. The monoisotopic (exact) mass is 408 g/mol. The first-order valence-electron chi connectivity index (χ1n) is 11.2. The lowest BCUT2D eigenvalue weighted by molar-refractivity contribution is -0.119. The summed E-state index contributed by atoms with van der Waals surface area (Å²) in [5.41, 5.74) is 3.18. The molecule has 0 spiro atoms. The Morgan fingerprint density at radius 3 is 2.67 bits per heavy atom. The van der Waals surface area contributed by atoms with E-state index in [1.54, 1.807) is 13.1 Å². The SMILES string of the molecule is CC(=O)NCC1CCn2ncc(C(=O)NCC3(Cc4ccccc4)CCCC3)c2C1. The third-order valence-electron chi connectivity index (χ3n) is 6.77. The molecule has 1 aromatic heterocycles. The largest absolute Gasteiger partial charge is 0.356 e. The average molecular weight is 409 g/mol. The number of carbonyl (C=O) groups is 2. The molecule has 0 radical (unpaired) electrons. The Hall–Kier alpha value is -2.63. The quantitative estimate of drug-likeness (QED) is 0.739. The van der Waals surface area contributed by atoms with Crippen LogP contribution in [0.25, 0.3) is 0 Å². The summed E-state index contributed by atoms with van der Waals surface area (Å²) in [6.07, 6.45) is 9.25. The molecular weight excluding hydrogens is 376 g/mol. The maximum atomic E-state index is 13.1. The van der Waals surface area contributed by atoms with Gasteiger partial charge in [0.1, 0.15) is 0 Å². The molecule has 6 nitrogen and oxygen atoms in total. The molecule has 160 valence electrons. The van der Waals surface area contributed by atoms with Crippen molar-refractivity contribution in [1.82, 2.24) is 20.4 Å². The fraction of sp³-hybridized carbons (Fsp3) is 0.542. The fourth-order valence-corrected chi connectivity index (χ4v) is 5.08.